The number of aryl methyl sites for hydroxylation is 1. The lowest BCUT2D eigenvalue weighted by atomic mass is 10.1. The summed E-state index contributed by atoms with van der Waals surface area (Å²) in [5.41, 5.74) is 4.79. The fraction of sp³-hybridized carbons (Fsp3) is 0.185. The first-order valence-corrected chi connectivity index (χ1v) is 11.6. The number of carbonyl (C=O) groups excluding carboxylic acids is 1. The van der Waals surface area contributed by atoms with E-state index in [2.05, 4.69) is 29.1 Å². The van der Waals surface area contributed by atoms with Crippen molar-refractivity contribution in [1.29, 1.82) is 0 Å². The van der Waals surface area contributed by atoms with Gasteiger partial charge in [-0.3, -0.25) is 4.79 Å². The zero-order valence-electron chi connectivity index (χ0n) is 18.8. The lowest BCUT2D eigenvalue weighted by Gasteiger charge is -2.36. The third-order valence-corrected chi connectivity index (χ3v) is 6.50. The Labute approximate surface area is 203 Å². The Kier molecular flexibility index (Phi) is 6.07. The van der Waals surface area contributed by atoms with E-state index in [0.717, 1.165) is 18.7 Å². The third kappa shape index (κ3) is 4.29. The van der Waals surface area contributed by atoms with Gasteiger partial charge in [0, 0.05) is 37.4 Å². The average molecular weight is 475 g/mol. The zero-order valence-corrected chi connectivity index (χ0v) is 19.5. The first-order chi connectivity index (χ1) is 16.5. The number of para-hydroxylation sites is 1. The molecule has 1 amide bonds. The molecule has 1 aromatic heterocycles. The van der Waals surface area contributed by atoms with Crippen molar-refractivity contribution in [1.82, 2.24) is 14.7 Å². The van der Waals surface area contributed by atoms with Crippen LogP contribution in [-0.4, -0.2) is 46.8 Å². The number of benzene rings is 3. The van der Waals surface area contributed by atoms with Crippen LogP contribution in [0.25, 0.3) is 16.9 Å². The number of hydrogen-bond acceptors (Lipinski definition) is 3. The molecule has 0 bridgehead atoms. The summed E-state index contributed by atoms with van der Waals surface area (Å²) in [4.78, 5) is 17.8. The van der Waals surface area contributed by atoms with E-state index >= 15 is 0 Å². The summed E-state index contributed by atoms with van der Waals surface area (Å²) < 4.78 is 15.1. The molecule has 1 aliphatic heterocycles. The lowest BCUT2D eigenvalue weighted by molar-refractivity contribution is 0.0737. The molecule has 3 aromatic carbocycles. The van der Waals surface area contributed by atoms with Crippen LogP contribution < -0.4 is 4.90 Å². The van der Waals surface area contributed by atoms with Crippen molar-refractivity contribution in [2.24, 2.45) is 0 Å². The summed E-state index contributed by atoms with van der Waals surface area (Å²) in [6, 6.07) is 23.4. The normalized spacial score (nSPS) is 13.9. The van der Waals surface area contributed by atoms with Crippen molar-refractivity contribution in [3.8, 4) is 16.9 Å². The van der Waals surface area contributed by atoms with Gasteiger partial charge in [0.05, 0.1) is 16.4 Å². The van der Waals surface area contributed by atoms with E-state index in [-0.39, 0.29) is 11.7 Å². The number of aromatic nitrogens is 2. The number of hydrogen-bond donors (Lipinski definition) is 0. The van der Waals surface area contributed by atoms with E-state index in [1.807, 2.05) is 35.2 Å². The van der Waals surface area contributed by atoms with Crippen molar-refractivity contribution >= 4 is 23.2 Å². The van der Waals surface area contributed by atoms with Crippen LogP contribution >= 0.6 is 11.6 Å². The molecule has 172 valence electrons. The van der Waals surface area contributed by atoms with Gasteiger partial charge in [-0.25, -0.2) is 9.07 Å². The van der Waals surface area contributed by atoms with Crippen LogP contribution in [0.2, 0.25) is 5.02 Å². The second-order valence-electron chi connectivity index (χ2n) is 8.35. The number of piperazine rings is 1. The summed E-state index contributed by atoms with van der Waals surface area (Å²) in [7, 11) is 0. The molecule has 5 nitrogen and oxygen atoms in total. The number of anilines is 1. The van der Waals surface area contributed by atoms with Gasteiger partial charge in [0.25, 0.3) is 5.91 Å². The predicted molar refractivity (Wildman–Crippen MR) is 133 cm³/mol. The van der Waals surface area contributed by atoms with Crippen molar-refractivity contribution in [2.75, 3.05) is 31.1 Å². The van der Waals surface area contributed by atoms with Gasteiger partial charge in [-0.05, 0) is 55.0 Å². The van der Waals surface area contributed by atoms with Gasteiger partial charge in [0.1, 0.15) is 11.5 Å². The quantitative estimate of drug-likeness (QED) is 0.386. The Bertz CT molecular complexity index is 1330. The van der Waals surface area contributed by atoms with Gasteiger partial charge >= 0.3 is 0 Å². The van der Waals surface area contributed by atoms with Crippen molar-refractivity contribution in [2.45, 2.75) is 6.92 Å². The Balaban J connectivity index is 1.45. The fourth-order valence-electron chi connectivity index (χ4n) is 4.34. The van der Waals surface area contributed by atoms with E-state index in [4.69, 9.17) is 11.6 Å². The third-order valence-electron chi connectivity index (χ3n) is 6.17. The summed E-state index contributed by atoms with van der Waals surface area (Å²) in [6.45, 7) is 4.80. The van der Waals surface area contributed by atoms with Crippen LogP contribution in [0.1, 0.15) is 16.1 Å². The molecule has 5 rings (SSSR count). The average Bonchev–Trinajstić information content (AvgIpc) is 3.30. The predicted octanol–water partition coefficient (Wildman–Crippen LogP) is 5.60. The first kappa shape index (κ1) is 22.2. The molecule has 7 heteroatoms. The molecule has 0 radical (unpaired) electrons. The van der Waals surface area contributed by atoms with Crippen LogP contribution in [-0.2, 0) is 0 Å². The first-order valence-electron chi connectivity index (χ1n) is 11.2. The highest BCUT2D eigenvalue weighted by Crippen LogP contribution is 2.29. The molecule has 1 fully saturated rings. The molecule has 0 aliphatic carbocycles. The minimum absolute atomic E-state index is 0.112. The summed E-state index contributed by atoms with van der Waals surface area (Å²) in [5, 5.41) is 5.24. The molecule has 0 unspecified atom stereocenters. The molecule has 0 N–H and O–H groups in total. The molecule has 0 saturated carbocycles. The Morgan fingerprint density at radius 1 is 0.912 bits per heavy atom. The number of rotatable bonds is 4. The van der Waals surface area contributed by atoms with Crippen LogP contribution in [0.15, 0.2) is 78.9 Å². The molecule has 4 aromatic rings. The number of amides is 1. The summed E-state index contributed by atoms with van der Waals surface area (Å²) in [6.07, 6.45) is 0. The molecule has 1 saturated heterocycles. The van der Waals surface area contributed by atoms with E-state index in [1.165, 1.54) is 23.4 Å². The van der Waals surface area contributed by atoms with Crippen LogP contribution in [0.4, 0.5) is 10.1 Å². The van der Waals surface area contributed by atoms with Crippen molar-refractivity contribution < 1.29 is 9.18 Å². The van der Waals surface area contributed by atoms with Gasteiger partial charge in [-0.1, -0.05) is 48.0 Å². The Hall–Kier alpha value is -3.64. The van der Waals surface area contributed by atoms with Gasteiger partial charge < -0.3 is 9.80 Å². The molecule has 2 heterocycles. The van der Waals surface area contributed by atoms with Crippen molar-refractivity contribution in [3.63, 3.8) is 0 Å². The van der Waals surface area contributed by atoms with Gasteiger partial charge in [0.15, 0.2) is 0 Å². The summed E-state index contributed by atoms with van der Waals surface area (Å²) in [5.74, 6) is -0.456. The zero-order chi connectivity index (χ0) is 23.7. The van der Waals surface area contributed by atoms with Gasteiger partial charge in [0.2, 0.25) is 0 Å². The van der Waals surface area contributed by atoms with E-state index in [1.54, 1.807) is 28.9 Å². The van der Waals surface area contributed by atoms with Crippen molar-refractivity contribution in [3.05, 3.63) is 101 Å². The topological polar surface area (TPSA) is 41.4 Å². The minimum Gasteiger partial charge on any atom is -0.368 e. The maximum absolute atomic E-state index is 13.6. The molecule has 0 atom stereocenters. The van der Waals surface area contributed by atoms with Crippen LogP contribution in [0.3, 0.4) is 0 Å². The lowest BCUT2D eigenvalue weighted by Crippen LogP contribution is -2.49. The maximum atomic E-state index is 13.6. The highest BCUT2D eigenvalue weighted by Gasteiger charge is 2.27. The molecule has 34 heavy (non-hydrogen) atoms. The molecule has 1 aliphatic rings. The second kappa shape index (κ2) is 9.31. The molecular weight excluding hydrogens is 451 g/mol. The minimum atomic E-state index is -0.345. The SMILES string of the molecule is Cc1ccccc1N1CCN(C(=O)c2cc(-c3ccccc3Cl)nn2-c2ccc(F)cc2)CC1. The largest absolute Gasteiger partial charge is 0.368 e. The van der Waals surface area contributed by atoms with Gasteiger partial charge in [-0.15, -0.1) is 0 Å². The Morgan fingerprint density at radius 3 is 2.29 bits per heavy atom. The number of halogens is 2. The van der Waals surface area contributed by atoms with E-state index < -0.39 is 0 Å². The Morgan fingerprint density at radius 2 is 1.59 bits per heavy atom. The number of nitrogens with zero attached hydrogens (tertiary/aromatic N) is 4. The van der Waals surface area contributed by atoms with Crippen LogP contribution in [0.5, 0.6) is 0 Å². The molecule has 0 spiro atoms. The highest BCUT2D eigenvalue weighted by atomic mass is 35.5. The van der Waals surface area contributed by atoms with Gasteiger partial charge in [-0.2, -0.15) is 5.10 Å². The van der Waals surface area contributed by atoms with E-state index in [9.17, 15) is 9.18 Å². The standard InChI is InChI=1S/C27H24ClFN4O/c1-19-6-2-5-9-25(19)31-14-16-32(17-15-31)27(34)26-18-24(22-7-3-4-8-23(22)28)30-33(26)21-12-10-20(29)11-13-21/h2-13,18H,14-17H2,1H3. The van der Waals surface area contributed by atoms with E-state index in [0.29, 0.717) is 35.2 Å². The van der Waals surface area contributed by atoms with Crippen LogP contribution in [0, 0.1) is 12.7 Å². The monoisotopic (exact) mass is 474 g/mol. The highest BCUT2D eigenvalue weighted by molar-refractivity contribution is 6.33. The summed E-state index contributed by atoms with van der Waals surface area (Å²) >= 11 is 6.40. The molecular formula is C27H24ClFN4O. The fourth-order valence-corrected chi connectivity index (χ4v) is 4.58. The smallest absolute Gasteiger partial charge is 0.272 e. The number of carbonyl (C=O) groups is 1. The second-order valence-corrected chi connectivity index (χ2v) is 8.76. The maximum Gasteiger partial charge on any atom is 0.272 e.